The smallest absolute Gasteiger partial charge is 0.338 e. The van der Waals surface area contributed by atoms with Crippen LogP contribution in [-0.2, 0) is 16.1 Å². The van der Waals surface area contributed by atoms with Gasteiger partial charge in [-0.2, -0.15) is 0 Å². The maximum Gasteiger partial charge on any atom is 0.338 e. The summed E-state index contributed by atoms with van der Waals surface area (Å²) in [7, 11) is 1.58. The number of methoxy groups -OCH3 is 1. The number of carbonyl (C=O) groups is 2. The summed E-state index contributed by atoms with van der Waals surface area (Å²) in [6.45, 7) is -0.0801. The van der Waals surface area contributed by atoms with Gasteiger partial charge in [0.25, 0.3) is 5.91 Å². The molecule has 0 aliphatic heterocycles. The summed E-state index contributed by atoms with van der Waals surface area (Å²) in [6.07, 6.45) is 0. The fourth-order valence-electron chi connectivity index (χ4n) is 1.80. The van der Waals surface area contributed by atoms with Gasteiger partial charge in [0.1, 0.15) is 11.6 Å². The highest BCUT2D eigenvalue weighted by atomic mass is 19.1. The zero-order chi connectivity index (χ0) is 16.7. The summed E-state index contributed by atoms with van der Waals surface area (Å²) < 4.78 is 22.7. The minimum absolute atomic E-state index is 0.189. The molecule has 0 radical (unpaired) electrons. The van der Waals surface area contributed by atoms with Gasteiger partial charge in [0.05, 0.1) is 12.7 Å². The molecular weight excluding hydrogens is 301 g/mol. The van der Waals surface area contributed by atoms with Gasteiger partial charge in [-0.3, -0.25) is 4.79 Å². The fraction of sp³-hybridized carbons (Fsp3) is 0.176. The normalized spacial score (nSPS) is 10.0. The molecule has 0 atom stereocenters. The zero-order valence-corrected chi connectivity index (χ0v) is 12.5. The number of amides is 1. The highest BCUT2D eigenvalue weighted by Crippen LogP contribution is 2.11. The standard InChI is InChI=1S/C17H16FNO4/c1-22-15-8-2-12(3-9-15)10-19-16(20)11-23-17(21)13-4-6-14(18)7-5-13/h2-9H,10-11H2,1H3,(H,19,20). The van der Waals surface area contributed by atoms with Crippen molar-refractivity contribution in [3.63, 3.8) is 0 Å². The van der Waals surface area contributed by atoms with E-state index in [0.717, 1.165) is 23.4 Å². The summed E-state index contributed by atoms with van der Waals surface area (Å²) >= 11 is 0. The van der Waals surface area contributed by atoms with Gasteiger partial charge in [-0.05, 0) is 42.0 Å². The maximum absolute atomic E-state index is 12.7. The van der Waals surface area contributed by atoms with Crippen LogP contribution in [0.2, 0.25) is 0 Å². The van der Waals surface area contributed by atoms with E-state index in [1.54, 1.807) is 19.2 Å². The zero-order valence-electron chi connectivity index (χ0n) is 12.5. The van der Waals surface area contributed by atoms with Crippen LogP contribution >= 0.6 is 0 Å². The van der Waals surface area contributed by atoms with Crippen LogP contribution in [-0.4, -0.2) is 25.6 Å². The monoisotopic (exact) mass is 317 g/mol. The average Bonchev–Trinajstić information content (AvgIpc) is 2.59. The molecule has 0 bridgehead atoms. The molecule has 5 nitrogen and oxygen atoms in total. The van der Waals surface area contributed by atoms with E-state index in [1.165, 1.54) is 12.1 Å². The molecular formula is C17H16FNO4. The summed E-state index contributed by atoms with van der Waals surface area (Å²) in [6, 6.07) is 12.1. The van der Waals surface area contributed by atoms with Gasteiger partial charge in [-0.15, -0.1) is 0 Å². The van der Waals surface area contributed by atoms with Crippen molar-refractivity contribution in [2.24, 2.45) is 0 Å². The van der Waals surface area contributed by atoms with Crippen molar-refractivity contribution in [3.8, 4) is 5.75 Å². The molecule has 6 heteroatoms. The van der Waals surface area contributed by atoms with Crippen molar-refractivity contribution in [1.82, 2.24) is 5.32 Å². The molecule has 23 heavy (non-hydrogen) atoms. The maximum atomic E-state index is 12.7. The first-order valence-electron chi connectivity index (χ1n) is 6.91. The molecule has 0 aromatic heterocycles. The Morgan fingerprint density at radius 3 is 2.30 bits per heavy atom. The van der Waals surface area contributed by atoms with E-state index in [9.17, 15) is 14.0 Å². The van der Waals surface area contributed by atoms with Gasteiger partial charge >= 0.3 is 5.97 Å². The first-order valence-corrected chi connectivity index (χ1v) is 6.91. The average molecular weight is 317 g/mol. The summed E-state index contributed by atoms with van der Waals surface area (Å²) in [5.74, 6) is -0.812. The van der Waals surface area contributed by atoms with Gasteiger partial charge in [0.2, 0.25) is 0 Å². The van der Waals surface area contributed by atoms with E-state index in [0.29, 0.717) is 6.54 Å². The lowest BCUT2D eigenvalue weighted by atomic mass is 10.2. The minimum atomic E-state index is -0.676. The Balaban J connectivity index is 1.76. The quantitative estimate of drug-likeness (QED) is 0.830. The number of esters is 1. The SMILES string of the molecule is COc1ccc(CNC(=O)COC(=O)c2ccc(F)cc2)cc1. The summed E-state index contributed by atoms with van der Waals surface area (Å²) in [5, 5.41) is 2.64. The number of ether oxygens (including phenoxy) is 2. The van der Waals surface area contributed by atoms with Crippen LogP contribution in [0.5, 0.6) is 5.75 Å². The molecule has 1 N–H and O–H groups in total. The number of nitrogens with one attached hydrogen (secondary N) is 1. The third-order valence-electron chi connectivity index (χ3n) is 3.06. The molecule has 0 saturated heterocycles. The van der Waals surface area contributed by atoms with Crippen molar-refractivity contribution < 1.29 is 23.5 Å². The topological polar surface area (TPSA) is 64.6 Å². The molecule has 1 amide bonds. The van der Waals surface area contributed by atoms with Crippen LogP contribution in [0, 0.1) is 5.82 Å². The van der Waals surface area contributed by atoms with E-state index < -0.39 is 24.3 Å². The van der Waals surface area contributed by atoms with Crippen molar-refractivity contribution in [3.05, 3.63) is 65.5 Å². The highest BCUT2D eigenvalue weighted by Gasteiger charge is 2.10. The molecule has 0 aliphatic rings. The van der Waals surface area contributed by atoms with Gasteiger partial charge in [0, 0.05) is 6.54 Å². The van der Waals surface area contributed by atoms with Crippen LogP contribution in [0.3, 0.4) is 0 Å². The summed E-state index contributed by atoms with van der Waals surface area (Å²) in [4.78, 5) is 23.3. The Hall–Kier alpha value is -2.89. The van der Waals surface area contributed by atoms with E-state index in [1.807, 2.05) is 12.1 Å². The molecule has 2 rings (SSSR count). The lowest BCUT2D eigenvalue weighted by Gasteiger charge is -2.07. The Morgan fingerprint density at radius 2 is 1.70 bits per heavy atom. The van der Waals surface area contributed by atoms with Gasteiger partial charge in [-0.25, -0.2) is 9.18 Å². The largest absolute Gasteiger partial charge is 0.497 e. The van der Waals surface area contributed by atoms with Gasteiger partial charge in [-0.1, -0.05) is 12.1 Å². The Bertz CT molecular complexity index is 668. The van der Waals surface area contributed by atoms with Gasteiger partial charge in [0.15, 0.2) is 6.61 Å². The molecule has 2 aromatic carbocycles. The Morgan fingerprint density at radius 1 is 1.04 bits per heavy atom. The second-order valence-electron chi connectivity index (χ2n) is 4.71. The number of hydrogen-bond donors (Lipinski definition) is 1. The third kappa shape index (κ3) is 5.10. The van der Waals surface area contributed by atoms with Crippen molar-refractivity contribution in [1.29, 1.82) is 0 Å². The molecule has 0 heterocycles. The lowest BCUT2D eigenvalue weighted by Crippen LogP contribution is -2.28. The molecule has 2 aromatic rings. The molecule has 0 aliphatic carbocycles. The van der Waals surface area contributed by atoms with Crippen molar-refractivity contribution in [2.45, 2.75) is 6.54 Å². The predicted octanol–water partition coefficient (Wildman–Crippen LogP) is 2.31. The Labute approximate surface area is 133 Å². The van der Waals surface area contributed by atoms with Gasteiger partial charge < -0.3 is 14.8 Å². The Kier molecular flexibility index (Phi) is 5.68. The van der Waals surface area contributed by atoms with Crippen LogP contribution in [0.15, 0.2) is 48.5 Å². The number of rotatable bonds is 6. The highest BCUT2D eigenvalue weighted by molar-refractivity contribution is 5.91. The van der Waals surface area contributed by atoms with E-state index in [-0.39, 0.29) is 5.56 Å². The number of carbonyl (C=O) groups excluding carboxylic acids is 2. The second kappa shape index (κ2) is 7.93. The molecule has 0 fully saturated rings. The van der Waals surface area contributed by atoms with E-state index in [2.05, 4.69) is 5.32 Å². The molecule has 0 spiro atoms. The van der Waals surface area contributed by atoms with Crippen molar-refractivity contribution in [2.75, 3.05) is 13.7 Å². The van der Waals surface area contributed by atoms with E-state index in [4.69, 9.17) is 9.47 Å². The molecule has 0 unspecified atom stereocenters. The number of benzene rings is 2. The van der Waals surface area contributed by atoms with Crippen LogP contribution in [0.4, 0.5) is 4.39 Å². The lowest BCUT2D eigenvalue weighted by molar-refractivity contribution is -0.124. The first kappa shape index (κ1) is 16.5. The predicted molar refractivity (Wildman–Crippen MR) is 81.5 cm³/mol. The van der Waals surface area contributed by atoms with Crippen LogP contribution < -0.4 is 10.1 Å². The van der Waals surface area contributed by atoms with Crippen LogP contribution in [0.1, 0.15) is 15.9 Å². The van der Waals surface area contributed by atoms with Crippen molar-refractivity contribution >= 4 is 11.9 Å². The third-order valence-corrected chi connectivity index (χ3v) is 3.06. The number of halogens is 1. The van der Waals surface area contributed by atoms with E-state index >= 15 is 0 Å². The minimum Gasteiger partial charge on any atom is -0.497 e. The second-order valence-corrected chi connectivity index (χ2v) is 4.71. The molecule has 120 valence electrons. The fourth-order valence-corrected chi connectivity index (χ4v) is 1.80. The summed E-state index contributed by atoms with van der Waals surface area (Å²) in [5.41, 5.74) is 1.08. The molecule has 0 saturated carbocycles. The number of hydrogen-bond acceptors (Lipinski definition) is 4. The van der Waals surface area contributed by atoms with Crippen LogP contribution in [0.25, 0.3) is 0 Å². The first-order chi connectivity index (χ1) is 11.1.